The molecule has 0 atom stereocenters. The molecule has 3 aromatic rings. The fraction of sp³-hybridized carbons (Fsp3) is 0.217. The maximum Gasteiger partial charge on any atom is 0.251 e. The first kappa shape index (κ1) is 18.8. The van der Waals surface area contributed by atoms with Crippen LogP contribution in [0.2, 0.25) is 0 Å². The second kappa shape index (κ2) is 9.10. The summed E-state index contributed by atoms with van der Waals surface area (Å²) in [6, 6.07) is 17.9. The molecule has 0 bridgehead atoms. The van der Waals surface area contributed by atoms with E-state index in [0.29, 0.717) is 12.1 Å². The number of rotatable bonds is 8. The number of carbonyl (C=O) groups is 1. The SMILES string of the molecule is C=Cc1ccc(C(=O)NCCN(CC)Cc2ccc3ncccc3c2)cc1. The highest BCUT2D eigenvalue weighted by molar-refractivity contribution is 5.94. The Morgan fingerprint density at radius 3 is 2.74 bits per heavy atom. The number of hydrogen-bond donors (Lipinski definition) is 1. The van der Waals surface area contributed by atoms with E-state index in [0.717, 1.165) is 36.1 Å². The van der Waals surface area contributed by atoms with Gasteiger partial charge >= 0.3 is 0 Å². The third-order valence-electron chi connectivity index (χ3n) is 4.64. The first-order valence-corrected chi connectivity index (χ1v) is 9.26. The monoisotopic (exact) mass is 359 g/mol. The molecule has 0 saturated carbocycles. The minimum atomic E-state index is -0.0431. The van der Waals surface area contributed by atoms with Crippen LogP contribution in [0.25, 0.3) is 17.0 Å². The maximum atomic E-state index is 12.3. The van der Waals surface area contributed by atoms with Gasteiger partial charge in [0.25, 0.3) is 5.91 Å². The number of benzene rings is 2. The van der Waals surface area contributed by atoms with Gasteiger partial charge in [-0.15, -0.1) is 0 Å². The number of nitrogens with one attached hydrogen (secondary N) is 1. The van der Waals surface area contributed by atoms with Crippen LogP contribution in [0, 0.1) is 0 Å². The lowest BCUT2D eigenvalue weighted by Crippen LogP contribution is -2.34. The van der Waals surface area contributed by atoms with Crippen molar-refractivity contribution in [2.75, 3.05) is 19.6 Å². The summed E-state index contributed by atoms with van der Waals surface area (Å²) in [4.78, 5) is 18.9. The van der Waals surface area contributed by atoms with Crippen LogP contribution in [0.4, 0.5) is 0 Å². The number of carbonyl (C=O) groups excluding carboxylic acids is 1. The number of nitrogens with zero attached hydrogens (tertiary/aromatic N) is 2. The van der Waals surface area contributed by atoms with E-state index in [1.165, 1.54) is 5.56 Å². The molecule has 0 fully saturated rings. The van der Waals surface area contributed by atoms with Crippen LogP contribution in [0.3, 0.4) is 0 Å². The van der Waals surface area contributed by atoms with Gasteiger partial charge in [0.1, 0.15) is 0 Å². The van der Waals surface area contributed by atoms with Crippen molar-refractivity contribution in [3.8, 4) is 0 Å². The van der Waals surface area contributed by atoms with Crippen molar-refractivity contribution in [2.24, 2.45) is 0 Å². The van der Waals surface area contributed by atoms with Crippen LogP contribution < -0.4 is 5.32 Å². The van der Waals surface area contributed by atoms with Crippen molar-refractivity contribution in [1.82, 2.24) is 15.2 Å². The summed E-state index contributed by atoms with van der Waals surface area (Å²) in [6.07, 6.45) is 3.58. The predicted octanol–water partition coefficient (Wildman–Crippen LogP) is 4.13. The number of hydrogen-bond acceptors (Lipinski definition) is 3. The van der Waals surface area contributed by atoms with E-state index in [1.54, 1.807) is 6.08 Å². The van der Waals surface area contributed by atoms with E-state index < -0.39 is 0 Å². The van der Waals surface area contributed by atoms with Gasteiger partial charge in [-0.05, 0) is 48.0 Å². The minimum absolute atomic E-state index is 0.0431. The molecule has 0 aliphatic rings. The van der Waals surface area contributed by atoms with Crippen molar-refractivity contribution in [2.45, 2.75) is 13.5 Å². The summed E-state index contributed by atoms with van der Waals surface area (Å²) in [5, 5.41) is 4.16. The van der Waals surface area contributed by atoms with E-state index in [9.17, 15) is 4.79 Å². The lowest BCUT2D eigenvalue weighted by atomic mass is 10.1. The standard InChI is InChI=1S/C23H25N3O/c1-3-18-7-10-20(11-8-18)23(27)25-14-15-26(4-2)17-19-9-12-22-21(16-19)6-5-13-24-22/h3,5-13,16H,1,4,14-15,17H2,2H3,(H,25,27). The second-order valence-corrected chi connectivity index (χ2v) is 6.48. The number of likely N-dealkylation sites (N-methyl/N-ethyl adjacent to an activating group) is 1. The van der Waals surface area contributed by atoms with Gasteiger partial charge in [0, 0.05) is 36.8 Å². The lowest BCUT2D eigenvalue weighted by molar-refractivity contribution is 0.0948. The molecule has 1 N–H and O–H groups in total. The molecule has 0 aliphatic carbocycles. The summed E-state index contributed by atoms with van der Waals surface area (Å²) in [5.74, 6) is -0.0431. The van der Waals surface area contributed by atoms with Crippen LogP contribution in [-0.2, 0) is 6.54 Å². The molecule has 0 saturated heterocycles. The molecule has 0 unspecified atom stereocenters. The molecular formula is C23H25N3O. The molecule has 4 nitrogen and oxygen atoms in total. The van der Waals surface area contributed by atoms with E-state index in [-0.39, 0.29) is 5.91 Å². The maximum absolute atomic E-state index is 12.3. The third kappa shape index (κ3) is 5.02. The largest absolute Gasteiger partial charge is 0.351 e. The Morgan fingerprint density at radius 2 is 2.00 bits per heavy atom. The average molecular weight is 359 g/mol. The molecule has 3 rings (SSSR count). The molecule has 0 radical (unpaired) electrons. The van der Waals surface area contributed by atoms with Crippen LogP contribution in [0.5, 0.6) is 0 Å². The van der Waals surface area contributed by atoms with Crippen LogP contribution in [-0.4, -0.2) is 35.4 Å². The fourth-order valence-electron chi connectivity index (χ4n) is 3.03. The molecule has 1 amide bonds. The summed E-state index contributed by atoms with van der Waals surface area (Å²) in [6.45, 7) is 9.06. The molecule has 138 valence electrons. The highest BCUT2D eigenvalue weighted by Gasteiger charge is 2.08. The zero-order valence-electron chi connectivity index (χ0n) is 15.7. The Morgan fingerprint density at radius 1 is 1.19 bits per heavy atom. The number of fused-ring (bicyclic) bond motifs is 1. The fourth-order valence-corrected chi connectivity index (χ4v) is 3.03. The van der Waals surface area contributed by atoms with Crippen molar-refractivity contribution in [1.29, 1.82) is 0 Å². The van der Waals surface area contributed by atoms with E-state index in [1.807, 2.05) is 36.5 Å². The quantitative estimate of drug-likeness (QED) is 0.658. The Bertz CT molecular complexity index is 918. The van der Waals surface area contributed by atoms with Gasteiger partial charge in [-0.25, -0.2) is 0 Å². The first-order valence-electron chi connectivity index (χ1n) is 9.26. The summed E-state index contributed by atoms with van der Waals surface area (Å²) in [5.41, 5.74) is 3.95. The average Bonchev–Trinajstić information content (AvgIpc) is 2.72. The lowest BCUT2D eigenvalue weighted by Gasteiger charge is -2.21. The van der Waals surface area contributed by atoms with Gasteiger partial charge in [0.2, 0.25) is 0 Å². The van der Waals surface area contributed by atoms with Gasteiger partial charge < -0.3 is 5.32 Å². The molecule has 1 aromatic heterocycles. The number of pyridine rings is 1. The zero-order chi connectivity index (χ0) is 19.1. The molecule has 2 aromatic carbocycles. The van der Waals surface area contributed by atoms with Gasteiger partial charge in [-0.2, -0.15) is 0 Å². The van der Waals surface area contributed by atoms with Crippen LogP contribution in [0.1, 0.15) is 28.4 Å². The Labute approximate surface area is 160 Å². The second-order valence-electron chi connectivity index (χ2n) is 6.48. The molecule has 27 heavy (non-hydrogen) atoms. The van der Waals surface area contributed by atoms with Crippen LogP contribution >= 0.6 is 0 Å². The Hall–Kier alpha value is -2.98. The van der Waals surface area contributed by atoms with Gasteiger partial charge in [-0.1, -0.05) is 43.8 Å². The smallest absolute Gasteiger partial charge is 0.251 e. The molecule has 0 aliphatic heterocycles. The van der Waals surface area contributed by atoms with Gasteiger partial charge in [0.15, 0.2) is 0 Å². The van der Waals surface area contributed by atoms with E-state index in [2.05, 4.69) is 53.0 Å². The topological polar surface area (TPSA) is 45.2 Å². The van der Waals surface area contributed by atoms with Crippen LogP contribution in [0.15, 0.2) is 67.4 Å². The van der Waals surface area contributed by atoms with Gasteiger partial charge in [-0.3, -0.25) is 14.7 Å². The predicted molar refractivity (Wildman–Crippen MR) is 112 cm³/mol. The summed E-state index contributed by atoms with van der Waals surface area (Å²) in [7, 11) is 0. The van der Waals surface area contributed by atoms with E-state index >= 15 is 0 Å². The third-order valence-corrected chi connectivity index (χ3v) is 4.64. The zero-order valence-corrected chi connectivity index (χ0v) is 15.7. The normalized spacial score (nSPS) is 10.9. The number of amides is 1. The van der Waals surface area contributed by atoms with E-state index in [4.69, 9.17) is 0 Å². The summed E-state index contributed by atoms with van der Waals surface area (Å²) < 4.78 is 0. The highest BCUT2D eigenvalue weighted by Crippen LogP contribution is 2.14. The van der Waals surface area contributed by atoms with Crippen molar-refractivity contribution in [3.63, 3.8) is 0 Å². The molecule has 1 heterocycles. The molecule has 4 heteroatoms. The Kier molecular flexibility index (Phi) is 6.34. The minimum Gasteiger partial charge on any atom is -0.351 e. The molecule has 0 spiro atoms. The Balaban J connectivity index is 1.53. The number of aromatic nitrogens is 1. The van der Waals surface area contributed by atoms with Gasteiger partial charge in [0.05, 0.1) is 5.52 Å². The van der Waals surface area contributed by atoms with Crippen molar-refractivity contribution in [3.05, 3.63) is 84.1 Å². The van der Waals surface area contributed by atoms with Crippen molar-refractivity contribution < 1.29 is 4.79 Å². The first-order chi connectivity index (χ1) is 13.2. The summed E-state index contributed by atoms with van der Waals surface area (Å²) >= 11 is 0. The molecular weight excluding hydrogens is 334 g/mol. The highest BCUT2D eigenvalue weighted by atomic mass is 16.1. The van der Waals surface area contributed by atoms with Crippen molar-refractivity contribution >= 4 is 22.9 Å².